The minimum absolute atomic E-state index is 0. The van der Waals surface area contributed by atoms with Crippen molar-refractivity contribution in [3.05, 3.63) is 35.9 Å². The van der Waals surface area contributed by atoms with Crippen LogP contribution in [0.15, 0.2) is 30.3 Å². The van der Waals surface area contributed by atoms with Crippen LogP contribution >= 0.6 is 0 Å². The van der Waals surface area contributed by atoms with E-state index in [-0.39, 0.29) is 35.8 Å². The molecule has 0 aromatic heterocycles. The molecule has 4 heteroatoms. The summed E-state index contributed by atoms with van der Waals surface area (Å²) in [5.74, 6) is 0. The molecular weight excluding hydrogens is 322 g/mol. The smallest absolute Gasteiger partial charge is 0.169 e. The lowest BCUT2D eigenvalue weighted by Crippen LogP contribution is -3.00. The predicted molar refractivity (Wildman–Crippen MR) is 95.0 cm³/mol. The normalized spacial score (nSPS) is 24.3. The maximum atomic E-state index is 6.27. The lowest BCUT2D eigenvalue weighted by Gasteiger charge is -2.47. The van der Waals surface area contributed by atoms with Gasteiger partial charge in [0.1, 0.15) is 6.54 Å². The molecule has 1 saturated heterocycles. The van der Waals surface area contributed by atoms with E-state index in [2.05, 4.69) is 79.0 Å². The second-order valence-electron chi connectivity index (χ2n) is 9.09. The van der Waals surface area contributed by atoms with Gasteiger partial charge in [0.05, 0.1) is 37.8 Å². The molecule has 2 unspecified atom stereocenters. The molecule has 24 heavy (non-hydrogen) atoms. The van der Waals surface area contributed by atoms with Crippen LogP contribution < -0.4 is 12.4 Å². The molecule has 1 aliphatic heterocycles. The number of rotatable bonds is 5. The minimum atomic E-state index is -0.158. The van der Waals surface area contributed by atoms with E-state index in [9.17, 15) is 0 Å². The van der Waals surface area contributed by atoms with E-state index in [0.717, 1.165) is 24.0 Å². The van der Waals surface area contributed by atoms with E-state index in [0.29, 0.717) is 0 Å². The van der Waals surface area contributed by atoms with Crippen molar-refractivity contribution in [2.75, 3.05) is 20.6 Å². The van der Waals surface area contributed by atoms with Crippen molar-refractivity contribution >= 4 is 0 Å². The number of quaternary nitrogens is 1. The second-order valence-corrected chi connectivity index (χ2v) is 9.09. The van der Waals surface area contributed by atoms with Gasteiger partial charge in [-0.2, -0.15) is 0 Å². The van der Waals surface area contributed by atoms with Crippen LogP contribution in [-0.4, -0.2) is 43.1 Å². The molecule has 2 atom stereocenters. The van der Waals surface area contributed by atoms with Crippen LogP contribution in [0.1, 0.15) is 46.6 Å². The minimum Gasteiger partial charge on any atom is -1.00 e. The maximum absolute atomic E-state index is 6.27. The Balaban J connectivity index is 0.00000288. The fraction of sp³-hybridized carbons (Fsp3) is 0.700. The second kappa shape index (κ2) is 7.74. The molecular formula is C20H34ClNO2. The molecule has 0 aliphatic carbocycles. The molecule has 2 rings (SSSR count). The summed E-state index contributed by atoms with van der Waals surface area (Å²) in [5, 5.41) is 0. The van der Waals surface area contributed by atoms with Gasteiger partial charge in [0.15, 0.2) is 6.29 Å². The summed E-state index contributed by atoms with van der Waals surface area (Å²) in [6.07, 6.45) is 1.03. The fourth-order valence-electron chi connectivity index (χ4n) is 3.97. The molecule has 1 aliphatic rings. The Hall–Kier alpha value is -0.610. The van der Waals surface area contributed by atoms with E-state index in [1.165, 1.54) is 5.56 Å². The first kappa shape index (κ1) is 21.4. The fourth-order valence-corrected chi connectivity index (χ4v) is 3.97. The number of ether oxygens (including phenoxy) is 2. The molecule has 1 heterocycles. The van der Waals surface area contributed by atoms with Crippen molar-refractivity contribution < 1.29 is 26.4 Å². The Morgan fingerprint density at radius 2 is 1.75 bits per heavy atom. The zero-order valence-corrected chi connectivity index (χ0v) is 17.1. The SMILES string of the molecule is CC1CC(C)(C)OC(C(C)(C)C[N+](C)(C)Cc2ccccc2)O1.[Cl-]. The van der Waals surface area contributed by atoms with Crippen LogP contribution in [0.5, 0.6) is 0 Å². The molecule has 0 bridgehead atoms. The third-order valence-corrected chi connectivity index (χ3v) is 4.49. The van der Waals surface area contributed by atoms with Crippen LogP contribution in [0.3, 0.4) is 0 Å². The zero-order valence-electron chi connectivity index (χ0n) is 16.3. The Morgan fingerprint density at radius 3 is 2.29 bits per heavy atom. The van der Waals surface area contributed by atoms with Gasteiger partial charge in [-0.3, -0.25) is 0 Å². The number of halogens is 1. The monoisotopic (exact) mass is 355 g/mol. The van der Waals surface area contributed by atoms with Gasteiger partial charge in [-0.1, -0.05) is 30.3 Å². The molecule has 0 N–H and O–H groups in total. The molecule has 1 fully saturated rings. The molecule has 138 valence electrons. The lowest BCUT2D eigenvalue weighted by atomic mass is 9.88. The average Bonchev–Trinajstić information content (AvgIpc) is 2.35. The Kier molecular flexibility index (Phi) is 6.91. The van der Waals surface area contributed by atoms with Gasteiger partial charge in [-0.25, -0.2) is 0 Å². The van der Waals surface area contributed by atoms with E-state index in [1.807, 2.05) is 0 Å². The van der Waals surface area contributed by atoms with Crippen molar-refractivity contribution in [2.24, 2.45) is 5.41 Å². The zero-order chi connectivity index (χ0) is 17.3. The van der Waals surface area contributed by atoms with Gasteiger partial charge in [-0.05, 0) is 34.6 Å². The van der Waals surface area contributed by atoms with E-state index >= 15 is 0 Å². The number of hydrogen-bond donors (Lipinski definition) is 0. The lowest BCUT2D eigenvalue weighted by molar-refractivity contribution is -0.910. The van der Waals surface area contributed by atoms with Crippen molar-refractivity contribution in [3.63, 3.8) is 0 Å². The quantitative estimate of drug-likeness (QED) is 0.739. The van der Waals surface area contributed by atoms with E-state index < -0.39 is 0 Å². The molecule has 0 saturated carbocycles. The van der Waals surface area contributed by atoms with Crippen molar-refractivity contribution in [1.29, 1.82) is 0 Å². The molecule has 3 nitrogen and oxygen atoms in total. The van der Waals surface area contributed by atoms with E-state index in [1.54, 1.807) is 0 Å². The summed E-state index contributed by atoms with van der Waals surface area (Å²) in [7, 11) is 4.57. The van der Waals surface area contributed by atoms with Crippen molar-refractivity contribution in [3.8, 4) is 0 Å². The largest absolute Gasteiger partial charge is 1.00 e. The summed E-state index contributed by atoms with van der Waals surface area (Å²) in [6.45, 7) is 13.0. The molecule has 1 aromatic rings. The molecule has 0 radical (unpaired) electrons. The van der Waals surface area contributed by atoms with Crippen molar-refractivity contribution in [2.45, 2.75) is 65.6 Å². The Bertz CT molecular complexity index is 514. The number of hydrogen-bond acceptors (Lipinski definition) is 2. The van der Waals surface area contributed by atoms with Gasteiger partial charge < -0.3 is 26.4 Å². The summed E-state index contributed by atoms with van der Waals surface area (Å²) < 4.78 is 13.3. The highest BCUT2D eigenvalue weighted by molar-refractivity contribution is 5.13. The van der Waals surface area contributed by atoms with Gasteiger partial charge in [0, 0.05) is 12.0 Å². The summed E-state index contributed by atoms with van der Waals surface area (Å²) in [6, 6.07) is 10.7. The topological polar surface area (TPSA) is 18.5 Å². The van der Waals surface area contributed by atoms with Crippen LogP contribution in [-0.2, 0) is 16.0 Å². The average molecular weight is 356 g/mol. The molecule has 1 aromatic carbocycles. The third kappa shape index (κ3) is 6.03. The van der Waals surface area contributed by atoms with Crippen LogP contribution in [0, 0.1) is 5.41 Å². The number of nitrogens with zero attached hydrogens (tertiary/aromatic N) is 1. The summed E-state index contributed by atoms with van der Waals surface area (Å²) in [4.78, 5) is 0. The summed E-state index contributed by atoms with van der Waals surface area (Å²) in [5.41, 5.74) is 1.20. The highest BCUT2D eigenvalue weighted by Gasteiger charge is 2.44. The van der Waals surface area contributed by atoms with Gasteiger partial charge in [-0.15, -0.1) is 0 Å². The highest BCUT2D eigenvalue weighted by Crippen LogP contribution is 2.37. The Morgan fingerprint density at radius 1 is 1.17 bits per heavy atom. The molecule has 0 spiro atoms. The van der Waals surface area contributed by atoms with Crippen LogP contribution in [0.25, 0.3) is 0 Å². The maximum Gasteiger partial charge on any atom is 0.169 e. The standard InChI is InChI=1S/C20H34NO2.ClH/c1-16-13-20(4,5)23-18(22-16)19(2,3)15-21(6,7)14-17-11-9-8-10-12-17;/h8-12,16,18H,13-15H2,1-7H3;1H/q+1;/p-1. The highest BCUT2D eigenvalue weighted by atomic mass is 35.5. The Labute approximate surface area is 154 Å². The van der Waals surface area contributed by atoms with Gasteiger partial charge >= 0.3 is 0 Å². The third-order valence-electron chi connectivity index (χ3n) is 4.49. The first-order chi connectivity index (χ1) is 10.5. The molecule has 0 amide bonds. The van der Waals surface area contributed by atoms with Crippen LogP contribution in [0.2, 0.25) is 0 Å². The number of benzene rings is 1. The van der Waals surface area contributed by atoms with E-state index in [4.69, 9.17) is 9.47 Å². The van der Waals surface area contributed by atoms with Gasteiger partial charge in [0.25, 0.3) is 0 Å². The van der Waals surface area contributed by atoms with Crippen molar-refractivity contribution in [1.82, 2.24) is 0 Å². The van der Waals surface area contributed by atoms with Gasteiger partial charge in [0.2, 0.25) is 0 Å². The predicted octanol–water partition coefficient (Wildman–Crippen LogP) is 1.22. The first-order valence-electron chi connectivity index (χ1n) is 8.68. The summed E-state index contributed by atoms with van der Waals surface area (Å²) >= 11 is 0. The van der Waals surface area contributed by atoms with Crippen LogP contribution in [0.4, 0.5) is 0 Å². The first-order valence-corrected chi connectivity index (χ1v) is 8.68.